The van der Waals surface area contributed by atoms with Gasteiger partial charge in [-0.05, 0) is 69.6 Å². The van der Waals surface area contributed by atoms with Gasteiger partial charge in [-0.3, -0.25) is 0 Å². The van der Waals surface area contributed by atoms with Crippen molar-refractivity contribution in [2.24, 2.45) is 0 Å². The Bertz CT molecular complexity index is 883. The van der Waals surface area contributed by atoms with Gasteiger partial charge >= 0.3 is 0 Å². The van der Waals surface area contributed by atoms with Crippen LogP contribution in [0.25, 0.3) is 10.9 Å². The van der Waals surface area contributed by atoms with Gasteiger partial charge in [0.05, 0.1) is 12.4 Å². The molecule has 1 aliphatic heterocycles. The van der Waals surface area contributed by atoms with Crippen LogP contribution in [0.2, 0.25) is 5.02 Å². The van der Waals surface area contributed by atoms with Crippen LogP contribution in [0.1, 0.15) is 31.9 Å². The molecule has 1 saturated heterocycles. The SMILES string of the molecule is C=C(NCc1cc2cc(Cl)ccc2[nH]1)NC1CCCN(C)C1.C=CC/C(C=N)=C/C. The van der Waals surface area contributed by atoms with Gasteiger partial charge in [0.1, 0.15) is 0 Å². The number of aromatic nitrogens is 1. The van der Waals surface area contributed by atoms with Gasteiger partial charge in [-0.25, -0.2) is 0 Å². The minimum atomic E-state index is 0.486. The summed E-state index contributed by atoms with van der Waals surface area (Å²) in [5.41, 5.74) is 3.25. The summed E-state index contributed by atoms with van der Waals surface area (Å²) in [5, 5.41) is 15.5. The van der Waals surface area contributed by atoms with Crippen molar-refractivity contribution >= 4 is 28.7 Å². The standard InChI is InChI=1S/C17H23ClN4.C7H11N/c1-12(20-15-4-3-7-22(2)11-15)19-10-16-9-13-8-14(18)5-6-17(13)21-16;1-3-5-7(4-2)6-8/h5-6,8-9,15,19-21H,1,3-4,7,10-11H2,2H3;3-4,6,8H,1,5H2,2H3/b;7-4-,8-6?. The highest BCUT2D eigenvalue weighted by Gasteiger charge is 2.16. The monoisotopic (exact) mass is 427 g/mol. The smallest absolute Gasteiger partial charge is 0.0918 e. The van der Waals surface area contributed by atoms with Crippen molar-refractivity contribution in [1.29, 1.82) is 5.41 Å². The summed E-state index contributed by atoms with van der Waals surface area (Å²) in [7, 11) is 2.17. The van der Waals surface area contributed by atoms with Gasteiger partial charge in [-0.1, -0.05) is 30.3 Å². The number of allylic oxidation sites excluding steroid dienone is 3. The fraction of sp³-hybridized carbons (Fsp3) is 0.375. The second-order valence-electron chi connectivity index (χ2n) is 7.60. The lowest BCUT2D eigenvalue weighted by molar-refractivity contribution is 0.233. The van der Waals surface area contributed by atoms with E-state index in [1.165, 1.54) is 25.6 Å². The lowest BCUT2D eigenvalue weighted by atomic mass is 10.1. The molecule has 0 aliphatic carbocycles. The zero-order valence-corrected chi connectivity index (χ0v) is 18.9. The van der Waals surface area contributed by atoms with Gasteiger partial charge in [0.25, 0.3) is 0 Å². The largest absolute Gasteiger partial charge is 0.368 e. The van der Waals surface area contributed by atoms with Crippen LogP contribution in [0.3, 0.4) is 0 Å². The lowest BCUT2D eigenvalue weighted by Crippen LogP contribution is -2.45. The number of likely N-dealkylation sites (N-methyl/N-ethyl adjacent to an activating group) is 1. The number of hydrogen-bond acceptors (Lipinski definition) is 4. The summed E-state index contributed by atoms with van der Waals surface area (Å²) in [6.07, 6.45) is 8.30. The number of aromatic amines is 1. The fourth-order valence-corrected chi connectivity index (χ4v) is 3.65. The minimum absolute atomic E-state index is 0.486. The van der Waals surface area contributed by atoms with Gasteiger partial charge in [0.2, 0.25) is 0 Å². The first-order valence-electron chi connectivity index (χ1n) is 10.4. The van der Waals surface area contributed by atoms with E-state index in [0.717, 1.165) is 52.5 Å². The average Bonchev–Trinajstić information content (AvgIpc) is 3.13. The molecule has 0 bridgehead atoms. The summed E-state index contributed by atoms with van der Waals surface area (Å²) in [4.78, 5) is 5.75. The van der Waals surface area contributed by atoms with Crippen LogP contribution in [-0.4, -0.2) is 42.3 Å². The van der Waals surface area contributed by atoms with Gasteiger partial charge in [0, 0.05) is 40.4 Å². The molecule has 30 heavy (non-hydrogen) atoms. The third-order valence-corrected chi connectivity index (χ3v) is 5.30. The molecule has 0 radical (unpaired) electrons. The average molecular weight is 428 g/mol. The van der Waals surface area contributed by atoms with Gasteiger partial charge < -0.3 is 25.9 Å². The molecular weight excluding hydrogens is 394 g/mol. The maximum Gasteiger partial charge on any atom is 0.0918 e. The molecule has 5 nitrogen and oxygen atoms in total. The van der Waals surface area contributed by atoms with Gasteiger partial charge in [-0.2, -0.15) is 0 Å². The Morgan fingerprint density at radius 3 is 2.83 bits per heavy atom. The molecule has 1 aromatic heterocycles. The van der Waals surface area contributed by atoms with Crippen LogP contribution in [-0.2, 0) is 6.54 Å². The molecule has 0 spiro atoms. The zero-order chi connectivity index (χ0) is 21.9. The van der Waals surface area contributed by atoms with E-state index in [2.05, 4.69) is 46.8 Å². The number of nitrogens with zero attached hydrogens (tertiary/aromatic N) is 1. The molecule has 1 fully saturated rings. The Labute approximate surface area is 185 Å². The summed E-state index contributed by atoms with van der Waals surface area (Å²) in [6.45, 7) is 12.5. The minimum Gasteiger partial charge on any atom is -0.368 e. The molecule has 0 saturated carbocycles. The molecule has 0 amide bonds. The Morgan fingerprint density at radius 2 is 2.20 bits per heavy atom. The van der Waals surface area contributed by atoms with E-state index in [4.69, 9.17) is 17.0 Å². The van der Waals surface area contributed by atoms with E-state index in [0.29, 0.717) is 6.04 Å². The van der Waals surface area contributed by atoms with E-state index in [1.807, 2.05) is 31.2 Å². The number of fused-ring (bicyclic) bond motifs is 1. The highest BCUT2D eigenvalue weighted by molar-refractivity contribution is 6.31. The van der Waals surface area contributed by atoms with E-state index >= 15 is 0 Å². The molecule has 1 unspecified atom stereocenters. The van der Waals surface area contributed by atoms with Crippen LogP contribution in [0.4, 0.5) is 0 Å². The predicted molar refractivity (Wildman–Crippen MR) is 130 cm³/mol. The molecule has 2 heterocycles. The van der Waals surface area contributed by atoms with Gasteiger partial charge in [-0.15, -0.1) is 6.58 Å². The maximum atomic E-state index is 6.82. The molecule has 162 valence electrons. The van der Waals surface area contributed by atoms with E-state index in [9.17, 15) is 0 Å². The van der Waals surface area contributed by atoms with Crippen LogP contribution < -0.4 is 10.6 Å². The van der Waals surface area contributed by atoms with Crippen LogP contribution in [0.15, 0.2) is 61.0 Å². The van der Waals surface area contributed by atoms with Crippen LogP contribution in [0, 0.1) is 5.41 Å². The molecule has 2 aromatic rings. The zero-order valence-electron chi connectivity index (χ0n) is 18.1. The van der Waals surface area contributed by atoms with Crippen molar-refractivity contribution in [2.75, 3.05) is 20.1 Å². The van der Waals surface area contributed by atoms with Crippen LogP contribution >= 0.6 is 11.6 Å². The molecule has 4 N–H and O–H groups in total. The number of benzene rings is 1. The molecular formula is C24H34ClN5. The topological polar surface area (TPSA) is 66.9 Å². The number of halogens is 1. The number of rotatable bonds is 8. The number of likely N-dealkylation sites (tertiary alicyclic amines) is 1. The molecule has 6 heteroatoms. The second kappa shape index (κ2) is 12.3. The van der Waals surface area contributed by atoms with Crippen molar-refractivity contribution < 1.29 is 0 Å². The van der Waals surface area contributed by atoms with E-state index in [1.54, 1.807) is 6.08 Å². The highest BCUT2D eigenvalue weighted by Crippen LogP contribution is 2.20. The second-order valence-corrected chi connectivity index (χ2v) is 8.04. The third-order valence-electron chi connectivity index (χ3n) is 5.07. The summed E-state index contributed by atoms with van der Waals surface area (Å²) in [6, 6.07) is 8.49. The van der Waals surface area contributed by atoms with Crippen molar-refractivity contribution in [3.05, 3.63) is 71.7 Å². The quantitative estimate of drug-likeness (QED) is 0.344. The molecule has 1 atom stereocenters. The van der Waals surface area contributed by atoms with Crippen molar-refractivity contribution in [2.45, 2.75) is 38.8 Å². The molecule has 3 rings (SSSR count). The normalized spacial score (nSPS) is 17.0. The first kappa shape index (κ1) is 23.8. The van der Waals surface area contributed by atoms with Crippen LogP contribution in [0.5, 0.6) is 0 Å². The fourth-order valence-electron chi connectivity index (χ4n) is 3.47. The molecule has 1 aliphatic rings. The summed E-state index contributed by atoms with van der Waals surface area (Å²) in [5.74, 6) is 0.886. The summed E-state index contributed by atoms with van der Waals surface area (Å²) >= 11 is 6.02. The first-order valence-corrected chi connectivity index (χ1v) is 10.7. The first-order chi connectivity index (χ1) is 14.4. The van der Waals surface area contributed by atoms with Crippen molar-refractivity contribution in [3.63, 3.8) is 0 Å². The maximum absolute atomic E-state index is 6.82. The highest BCUT2D eigenvalue weighted by atomic mass is 35.5. The number of H-pyrrole nitrogens is 1. The number of hydrogen-bond donors (Lipinski definition) is 4. The van der Waals surface area contributed by atoms with Crippen molar-refractivity contribution in [3.8, 4) is 0 Å². The molecule has 1 aromatic carbocycles. The lowest BCUT2D eigenvalue weighted by Gasteiger charge is -2.31. The Kier molecular flexibility index (Phi) is 9.71. The number of piperidine rings is 1. The Hall–Kier alpha value is -2.50. The number of nitrogens with one attached hydrogen (secondary N) is 4. The Morgan fingerprint density at radius 1 is 1.40 bits per heavy atom. The van der Waals surface area contributed by atoms with E-state index in [-0.39, 0.29) is 0 Å². The summed E-state index contributed by atoms with van der Waals surface area (Å²) < 4.78 is 0. The third kappa shape index (κ3) is 7.73. The predicted octanol–water partition coefficient (Wildman–Crippen LogP) is 5.22. The van der Waals surface area contributed by atoms with Gasteiger partial charge in [0.15, 0.2) is 0 Å². The van der Waals surface area contributed by atoms with E-state index < -0.39 is 0 Å². The van der Waals surface area contributed by atoms with Crippen molar-refractivity contribution in [1.82, 2.24) is 20.5 Å². The Balaban J connectivity index is 0.000000343.